The van der Waals surface area contributed by atoms with E-state index in [4.69, 9.17) is 4.74 Å². The lowest BCUT2D eigenvalue weighted by Crippen LogP contribution is -2.25. The molecular weight excluding hydrogens is 386 g/mol. The lowest BCUT2D eigenvalue weighted by molar-refractivity contribution is -0.113. The maximum absolute atomic E-state index is 12.2. The number of amides is 2. The Bertz CT molecular complexity index is 794. The van der Waals surface area contributed by atoms with E-state index in [9.17, 15) is 9.59 Å². The van der Waals surface area contributed by atoms with Crippen LogP contribution in [0, 0.1) is 0 Å². The highest BCUT2D eigenvalue weighted by atomic mass is 32.2. The topological polar surface area (TPSA) is 105 Å². The normalized spacial score (nSPS) is 13.2. The van der Waals surface area contributed by atoms with Gasteiger partial charge in [-0.25, -0.2) is 0 Å². The van der Waals surface area contributed by atoms with Crippen molar-refractivity contribution < 1.29 is 14.3 Å². The van der Waals surface area contributed by atoms with Crippen molar-refractivity contribution in [3.05, 3.63) is 29.8 Å². The van der Waals surface area contributed by atoms with E-state index in [1.807, 2.05) is 0 Å². The number of hydrogen-bond acceptors (Lipinski definition) is 8. The van der Waals surface area contributed by atoms with Crippen LogP contribution in [0.25, 0.3) is 0 Å². The van der Waals surface area contributed by atoms with Gasteiger partial charge in [0.1, 0.15) is 0 Å². The smallest absolute Gasteiger partial charge is 0.251 e. The molecule has 1 aromatic heterocycles. The molecule has 1 fully saturated rings. The van der Waals surface area contributed by atoms with Crippen molar-refractivity contribution in [1.82, 2.24) is 15.5 Å². The molecule has 1 saturated carbocycles. The Labute approximate surface area is 165 Å². The zero-order chi connectivity index (χ0) is 19.1. The zero-order valence-electron chi connectivity index (χ0n) is 14.9. The van der Waals surface area contributed by atoms with Crippen LogP contribution in [0.1, 0.15) is 23.2 Å². The van der Waals surface area contributed by atoms with Gasteiger partial charge in [0, 0.05) is 30.9 Å². The number of carbonyl (C=O) groups is 2. The summed E-state index contributed by atoms with van der Waals surface area (Å²) in [5.41, 5.74) is 1.14. The quantitative estimate of drug-likeness (QED) is 0.410. The number of anilines is 2. The Hall–Kier alpha value is -2.17. The number of nitrogens with one attached hydrogen (secondary N) is 3. The third kappa shape index (κ3) is 6.49. The molecule has 1 aliphatic carbocycles. The minimum atomic E-state index is -0.163. The number of nitrogens with zero attached hydrogens (tertiary/aromatic N) is 2. The summed E-state index contributed by atoms with van der Waals surface area (Å²) in [6.07, 6.45) is 2.07. The van der Waals surface area contributed by atoms with Gasteiger partial charge in [-0.3, -0.25) is 9.59 Å². The minimum Gasteiger partial charge on any atom is -0.383 e. The molecule has 0 atom stereocenters. The number of aromatic nitrogens is 2. The van der Waals surface area contributed by atoms with E-state index in [1.165, 1.54) is 23.1 Å². The highest BCUT2D eigenvalue weighted by molar-refractivity contribution is 8.01. The van der Waals surface area contributed by atoms with E-state index in [2.05, 4.69) is 26.1 Å². The first-order valence-electron chi connectivity index (χ1n) is 8.54. The van der Waals surface area contributed by atoms with E-state index in [0.717, 1.165) is 12.8 Å². The molecule has 0 unspecified atom stereocenters. The number of carbonyl (C=O) groups excluding carboxylic acids is 2. The van der Waals surface area contributed by atoms with Crippen LogP contribution < -0.4 is 16.0 Å². The molecule has 0 spiro atoms. The van der Waals surface area contributed by atoms with E-state index >= 15 is 0 Å². The molecule has 1 aromatic carbocycles. The van der Waals surface area contributed by atoms with Gasteiger partial charge >= 0.3 is 0 Å². The number of rotatable bonds is 10. The monoisotopic (exact) mass is 407 g/mol. The van der Waals surface area contributed by atoms with Crippen LogP contribution in [0.4, 0.5) is 10.8 Å². The Morgan fingerprint density at radius 1 is 1.33 bits per heavy atom. The van der Waals surface area contributed by atoms with E-state index in [-0.39, 0.29) is 17.6 Å². The molecule has 0 aliphatic heterocycles. The van der Waals surface area contributed by atoms with Crippen molar-refractivity contribution in [2.75, 3.05) is 36.6 Å². The first-order chi connectivity index (χ1) is 13.1. The van der Waals surface area contributed by atoms with Crippen molar-refractivity contribution >= 4 is 45.7 Å². The molecule has 144 valence electrons. The van der Waals surface area contributed by atoms with Gasteiger partial charge in [-0.05, 0) is 31.0 Å². The second-order valence-electron chi connectivity index (χ2n) is 5.96. The molecule has 0 bridgehead atoms. The molecule has 10 heteroatoms. The van der Waals surface area contributed by atoms with Gasteiger partial charge in [0.2, 0.25) is 11.0 Å². The summed E-state index contributed by atoms with van der Waals surface area (Å²) < 4.78 is 5.67. The summed E-state index contributed by atoms with van der Waals surface area (Å²) in [7, 11) is 1.64. The summed E-state index contributed by atoms with van der Waals surface area (Å²) in [5, 5.41) is 17.6. The molecule has 0 radical (unpaired) electrons. The van der Waals surface area contributed by atoms with Crippen LogP contribution in [0.15, 0.2) is 28.6 Å². The first kappa shape index (κ1) is 19.6. The van der Waals surface area contributed by atoms with Gasteiger partial charge in [-0.2, -0.15) is 0 Å². The van der Waals surface area contributed by atoms with Crippen LogP contribution in [-0.2, 0) is 9.53 Å². The zero-order valence-corrected chi connectivity index (χ0v) is 16.5. The summed E-state index contributed by atoms with van der Waals surface area (Å²) in [6, 6.07) is 7.24. The Morgan fingerprint density at radius 3 is 2.96 bits per heavy atom. The maximum Gasteiger partial charge on any atom is 0.251 e. The van der Waals surface area contributed by atoms with E-state index in [1.54, 1.807) is 31.4 Å². The van der Waals surface area contributed by atoms with Crippen molar-refractivity contribution in [3.8, 4) is 0 Å². The second kappa shape index (κ2) is 9.67. The molecule has 2 aromatic rings. The van der Waals surface area contributed by atoms with Crippen molar-refractivity contribution in [2.24, 2.45) is 0 Å². The number of methoxy groups -OCH3 is 1. The number of ether oxygens (including phenoxy) is 1. The van der Waals surface area contributed by atoms with Crippen molar-refractivity contribution in [3.63, 3.8) is 0 Å². The molecule has 1 heterocycles. The average molecular weight is 408 g/mol. The molecule has 3 rings (SSSR count). The van der Waals surface area contributed by atoms with Gasteiger partial charge in [-0.15, -0.1) is 10.2 Å². The molecule has 27 heavy (non-hydrogen) atoms. The van der Waals surface area contributed by atoms with E-state index < -0.39 is 0 Å². The second-order valence-corrected chi connectivity index (χ2v) is 8.16. The lowest BCUT2D eigenvalue weighted by Gasteiger charge is -2.07. The van der Waals surface area contributed by atoms with E-state index in [0.29, 0.717) is 39.9 Å². The van der Waals surface area contributed by atoms with Gasteiger partial charge in [-0.1, -0.05) is 29.2 Å². The minimum absolute atomic E-state index is 0.106. The third-order valence-corrected chi connectivity index (χ3v) is 5.65. The average Bonchev–Trinajstić information content (AvgIpc) is 3.36. The third-order valence-electron chi connectivity index (χ3n) is 3.64. The van der Waals surface area contributed by atoms with Gasteiger partial charge in [0.15, 0.2) is 4.34 Å². The SMILES string of the molecule is COCCNc1nnc(SCC(=O)Nc2cccc(C(=O)NC3CC3)c2)s1. The number of hydrogen-bond donors (Lipinski definition) is 3. The molecule has 0 saturated heterocycles. The Kier molecular flexibility index (Phi) is 7.02. The van der Waals surface area contributed by atoms with Crippen molar-refractivity contribution in [2.45, 2.75) is 23.2 Å². The summed E-state index contributed by atoms with van der Waals surface area (Å²) in [4.78, 5) is 24.2. The predicted molar refractivity (Wildman–Crippen MR) is 107 cm³/mol. The van der Waals surface area contributed by atoms with Crippen LogP contribution in [0.5, 0.6) is 0 Å². The number of thioether (sulfide) groups is 1. The summed E-state index contributed by atoms with van der Waals surface area (Å²) in [5.74, 6) is -0.0558. The van der Waals surface area contributed by atoms with Gasteiger partial charge in [0.25, 0.3) is 5.91 Å². The van der Waals surface area contributed by atoms with Crippen molar-refractivity contribution in [1.29, 1.82) is 0 Å². The number of benzene rings is 1. The van der Waals surface area contributed by atoms with Crippen LogP contribution >= 0.6 is 23.1 Å². The Balaban J connectivity index is 1.45. The molecule has 1 aliphatic rings. The highest BCUT2D eigenvalue weighted by Crippen LogP contribution is 2.25. The molecule has 3 N–H and O–H groups in total. The van der Waals surface area contributed by atoms with Crippen LogP contribution in [-0.4, -0.2) is 54.1 Å². The fraction of sp³-hybridized carbons (Fsp3) is 0.412. The largest absolute Gasteiger partial charge is 0.383 e. The Morgan fingerprint density at radius 2 is 2.19 bits per heavy atom. The van der Waals surface area contributed by atoms with Gasteiger partial charge in [0.05, 0.1) is 12.4 Å². The fourth-order valence-electron chi connectivity index (χ4n) is 2.16. The van der Waals surface area contributed by atoms with Crippen LogP contribution in [0.2, 0.25) is 0 Å². The fourth-order valence-corrected chi connectivity index (χ4v) is 3.74. The molecule has 8 nitrogen and oxygen atoms in total. The van der Waals surface area contributed by atoms with Crippen LogP contribution in [0.3, 0.4) is 0 Å². The summed E-state index contributed by atoms with van der Waals surface area (Å²) >= 11 is 2.71. The standard InChI is InChI=1S/C17H21N5O3S2/c1-25-8-7-18-16-21-22-17(27-16)26-10-14(23)19-13-4-2-3-11(9-13)15(24)20-12-5-6-12/h2-4,9,12H,5-8,10H2,1H3,(H,18,21)(H,19,23)(H,20,24). The maximum atomic E-state index is 12.2. The first-order valence-corrected chi connectivity index (χ1v) is 10.3. The predicted octanol–water partition coefficient (Wildman–Crippen LogP) is 2.22. The highest BCUT2D eigenvalue weighted by Gasteiger charge is 2.23. The molecule has 2 amide bonds. The van der Waals surface area contributed by atoms with Gasteiger partial charge < -0.3 is 20.7 Å². The summed E-state index contributed by atoms with van der Waals surface area (Å²) in [6.45, 7) is 1.24. The lowest BCUT2D eigenvalue weighted by atomic mass is 10.2. The molecular formula is C17H21N5O3S2.